The molecule has 4 heteroatoms. The minimum atomic E-state index is -0.314. The zero-order chi connectivity index (χ0) is 12.8. The van der Waals surface area contributed by atoms with E-state index in [1.807, 2.05) is 6.92 Å². The predicted octanol–water partition coefficient (Wildman–Crippen LogP) is 3.07. The van der Waals surface area contributed by atoms with E-state index in [2.05, 4.69) is 15.9 Å². The van der Waals surface area contributed by atoms with Crippen molar-refractivity contribution in [3.05, 3.63) is 34.1 Å². The Morgan fingerprint density at radius 1 is 1.53 bits per heavy atom. The summed E-state index contributed by atoms with van der Waals surface area (Å²) in [6, 6.07) is 4.40. The van der Waals surface area contributed by atoms with Gasteiger partial charge in [-0.3, -0.25) is 4.79 Å². The lowest BCUT2D eigenvalue weighted by Crippen LogP contribution is -2.15. The van der Waals surface area contributed by atoms with E-state index in [1.54, 1.807) is 6.07 Å². The van der Waals surface area contributed by atoms with Crippen molar-refractivity contribution in [3.8, 4) is 0 Å². The van der Waals surface area contributed by atoms with Crippen LogP contribution in [0.25, 0.3) is 0 Å². The number of carbonyl (C=O) groups is 1. The molecule has 0 heterocycles. The lowest BCUT2D eigenvalue weighted by atomic mass is 9.95. The van der Waals surface area contributed by atoms with Crippen molar-refractivity contribution in [3.63, 3.8) is 0 Å². The number of nitrogens with two attached hydrogens (primary N) is 1. The predicted molar refractivity (Wildman–Crippen MR) is 70.3 cm³/mol. The normalized spacial score (nSPS) is 12.5. The first-order chi connectivity index (χ1) is 8.04. The number of ketones is 1. The van der Waals surface area contributed by atoms with Gasteiger partial charge in [0.15, 0.2) is 0 Å². The number of carbonyl (C=O) groups excluding carboxylic acids is 1. The van der Waals surface area contributed by atoms with Gasteiger partial charge in [-0.05, 0) is 43.1 Å². The second-order valence-corrected chi connectivity index (χ2v) is 5.07. The fraction of sp³-hybridized carbons (Fsp3) is 0.462. The summed E-state index contributed by atoms with van der Waals surface area (Å²) < 4.78 is 13.8. The van der Waals surface area contributed by atoms with Gasteiger partial charge in [0.2, 0.25) is 0 Å². The van der Waals surface area contributed by atoms with Crippen molar-refractivity contribution in [1.29, 1.82) is 0 Å². The summed E-state index contributed by atoms with van der Waals surface area (Å²) >= 11 is 3.32. The molecule has 1 atom stereocenters. The van der Waals surface area contributed by atoms with Crippen LogP contribution in [0.2, 0.25) is 0 Å². The fourth-order valence-electron chi connectivity index (χ4n) is 1.63. The second kappa shape index (κ2) is 6.87. The minimum absolute atomic E-state index is 0.0197. The highest BCUT2D eigenvalue weighted by Gasteiger charge is 2.14. The summed E-state index contributed by atoms with van der Waals surface area (Å²) in [6.45, 7) is 2.49. The minimum Gasteiger partial charge on any atom is -0.330 e. The Morgan fingerprint density at radius 3 is 2.88 bits per heavy atom. The van der Waals surface area contributed by atoms with E-state index in [4.69, 9.17) is 5.73 Å². The molecule has 1 aromatic rings. The zero-order valence-electron chi connectivity index (χ0n) is 9.88. The molecule has 0 aliphatic heterocycles. The highest BCUT2D eigenvalue weighted by Crippen LogP contribution is 2.20. The van der Waals surface area contributed by atoms with Gasteiger partial charge in [-0.1, -0.05) is 22.9 Å². The second-order valence-electron chi connectivity index (χ2n) is 4.21. The average Bonchev–Trinajstić information content (AvgIpc) is 2.30. The third-order valence-electron chi connectivity index (χ3n) is 2.76. The standard InChI is InChI=1S/C13H17BrFNO/c1-9(3-2-6-16)13(17)8-10-7-11(15)4-5-12(10)14/h4-5,7,9H,2-3,6,8,16H2,1H3. The van der Waals surface area contributed by atoms with Crippen LogP contribution in [0, 0.1) is 11.7 Å². The number of Topliss-reactive ketones (excluding diaryl/α,β-unsaturated/α-hetero) is 1. The van der Waals surface area contributed by atoms with Gasteiger partial charge in [0, 0.05) is 16.8 Å². The van der Waals surface area contributed by atoms with Gasteiger partial charge in [0.1, 0.15) is 11.6 Å². The lowest BCUT2D eigenvalue weighted by molar-refractivity contribution is -0.121. The van der Waals surface area contributed by atoms with Crippen LogP contribution in [0.5, 0.6) is 0 Å². The molecule has 0 amide bonds. The molecule has 0 radical (unpaired) electrons. The molecule has 17 heavy (non-hydrogen) atoms. The SMILES string of the molecule is CC(CCCN)C(=O)Cc1cc(F)ccc1Br. The van der Waals surface area contributed by atoms with Crippen molar-refractivity contribution in [1.82, 2.24) is 0 Å². The highest BCUT2D eigenvalue weighted by atomic mass is 79.9. The Balaban J connectivity index is 2.64. The Bertz CT molecular complexity index is 395. The van der Waals surface area contributed by atoms with Gasteiger partial charge in [0.25, 0.3) is 0 Å². The van der Waals surface area contributed by atoms with Crippen LogP contribution in [0.1, 0.15) is 25.3 Å². The molecule has 1 unspecified atom stereocenters. The molecule has 0 saturated heterocycles. The Kier molecular flexibility index (Phi) is 5.78. The van der Waals surface area contributed by atoms with Crippen LogP contribution in [-0.2, 0) is 11.2 Å². The average molecular weight is 302 g/mol. The first-order valence-corrected chi connectivity index (χ1v) is 6.50. The van der Waals surface area contributed by atoms with Crippen LogP contribution in [0.15, 0.2) is 22.7 Å². The summed E-state index contributed by atoms with van der Waals surface area (Å²) in [5.41, 5.74) is 6.11. The molecule has 1 aromatic carbocycles. The monoisotopic (exact) mass is 301 g/mol. The molecule has 0 saturated carbocycles. The molecule has 0 fully saturated rings. The van der Waals surface area contributed by atoms with Gasteiger partial charge < -0.3 is 5.73 Å². The maximum atomic E-state index is 13.1. The maximum Gasteiger partial charge on any atom is 0.140 e. The molecule has 0 aliphatic rings. The maximum absolute atomic E-state index is 13.1. The van der Waals surface area contributed by atoms with Crippen LogP contribution < -0.4 is 5.73 Å². The number of benzene rings is 1. The van der Waals surface area contributed by atoms with E-state index in [0.29, 0.717) is 12.1 Å². The Labute approximate surface area is 110 Å². The quantitative estimate of drug-likeness (QED) is 0.877. The summed E-state index contributed by atoms with van der Waals surface area (Å²) in [7, 11) is 0. The first-order valence-electron chi connectivity index (χ1n) is 5.71. The third-order valence-corrected chi connectivity index (χ3v) is 3.54. The molecule has 2 N–H and O–H groups in total. The van der Waals surface area contributed by atoms with Gasteiger partial charge in [-0.2, -0.15) is 0 Å². The molecular formula is C13H17BrFNO. The lowest BCUT2D eigenvalue weighted by Gasteiger charge is -2.10. The zero-order valence-corrected chi connectivity index (χ0v) is 11.5. The first kappa shape index (κ1) is 14.3. The van der Waals surface area contributed by atoms with Gasteiger partial charge in [-0.25, -0.2) is 4.39 Å². The third kappa shape index (κ3) is 4.56. The van der Waals surface area contributed by atoms with E-state index < -0.39 is 0 Å². The van der Waals surface area contributed by atoms with Gasteiger partial charge >= 0.3 is 0 Å². The van der Waals surface area contributed by atoms with Crippen LogP contribution in [0.4, 0.5) is 4.39 Å². The Morgan fingerprint density at radius 2 is 2.24 bits per heavy atom. The van der Waals surface area contributed by atoms with Crippen LogP contribution >= 0.6 is 15.9 Å². The van der Waals surface area contributed by atoms with Gasteiger partial charge in [-0.15, -0.1) is 0 Å². The summed E-state index contributed by atoms with van der Waals surface area (Å²) in [5, 5.41) is 0. The van der Waals surface area contributed by atoms with E-state index in [-0.39, 0.29) is 23.9 Å². The molecule has 0 spiro atoms. The molecule has 0 aliphatic carbocycles. The Hall–Kier alpha value is -0.740. The summed E-state index contributed by atoms with van der Waals surface area (Å²) in [6.07, 6.45) is 1.91. The fourth-order valence-corrected chi connectivity index (χ4v) is 2.01. The van der Waals surface area contributed by atoms with Gasteiger partial charge in [0.05, 0.1) is 0 Å². The van der Waals surface area contributed by atoms with Crippen molar-refractivity contribution in [2.24, 2.45) is 11.7 Å². The molecular weight excluding hydrogens is 285 g/mol. The molecule has 1 rings (SSSR count). The van der Waals surface area contributed by atoms with Crippen LogP contribution in [0.3, 0.4) is 0 Å². The number of hydrogen-bond donors (Lipinski definition) is 1. The molecule has 2 nitrogen and oxygen atoms in total. The van der Waals surface area contributed by atoms with E-state index >= 15 is 0 Å². The van der Waals surface area contributed by atoms with E-state index in [0.717, 1.165) is 17.3 Å². The van der Waals surface area contributed by atoms with E-state index in [9.17, 15) is 9.18 Å². The summed E-state index contributed by atoms with van der Waals surface area (Å²) in [4.78, 5) is 11.9. The highest BCUT2D eigenvalue weighted by molar-refractivity contribution is 9.10. The van der Waals surface area contributed by atoms with Crippen molar-refractivity contribution >= 4 is 21.7 Å². The van der Waals surface area contributed by atoms with Crippen molar-refractivity contribution in [2.45, 2.75) is 26.2 Å². The number of halogens is 2. The smallest absolute Gasteiger partial charge is 0.140 e. The van der Waals surface area contributed by atoms with Crippen molar-refractivity contribution in [2.75, 3.05) is 6.54 Å². The molecule has 94 valence electrons. The topological polar surface area (TPSA) is 43.1 Å². The number of hydrogen-bond acceptors (Lipinski definition) is 2. The molecule has 0 aromatic heterocycles. The largest absolute Gasteiger partial charge is 0.330 e. The summed E-state index contributed by atoms with van der Waals surface area (Å²) in [5.74, 6) is -0.205. The van der Waals surface area contributed by atoms with E-state index in [1.165, 1.54) is 12.1 Å². The molecule has 0 bridgehead atoms. The van der Waals surface area contributed by atoms with Crippen LogP contribution in [-0.4, -0.2) is 12.3 Å². The number of rotatable bonds is 6. The van der Waals surface area contributed by atoms with Crippen molar-refractivity contribution < 1.29 is 9.18 Å².